The van der Waals surface area contributed by atoms with Gasteiger partial charge in [-0.15, -0.1) is 0 Å². The van der Waals surface area contributed by atoms with Crippen LogP contribution in [0.25, 0.3) is 11.2 Å². The Morgan fingerprint density at radius 2 is 2.10 bits per heavy atom. The summed E-state index contributed by atoms with van der Waals surface area (Å²) < 4.78 is 1.82. The Bertz CT molecular complexity index is 1000. The lowest BCUT2D eigenvalue weighted by Crippen LogP contribution is -2.36. The molecule has 0 aromatic carbocycles. The molecule has 4 rings (SSSR count). The number of anilines is 2. The molecule has 12 nitrogen and oxygen atoms in total. The molecule has 1 amide bonds. The summed E-state index contributed by atoms with van der Waals surface area (Å²) in [5.41, 5.74) is 8.26. The number of hydrogen-bond acceptors (Lipinski definition) is 8. The largest absolute Gasteiger partial charge is 0.483 e. The third kappa shape index (κ3) is 5.01. The van der Waals surface area contributed by atoms with Crippen LogP contribution in [0.2, 0.25) is 0 Å². The monoisotopic (exact) mass is 415 g/mol. The molecule has 160 valence electrons. The third-order valence-electron chi connectivity index (χ3n) is 4.75. The second-order valence-electron chi connectivity index (χ2n) is 6.86. The van der Waals surface area contributed by atoms with E-state index in [2.05, 4.69) is 29.9 Å². The highest BCUT2D eigenvalue weighted by molar-refractivity contribution is 5.84. The highest BCUT2D eigenvalue weighted by atomic mass is 16.3. The van der Waals surface area contributed by atoms with E-state index in [0.717, 1.165) is 36.4 Å². The van der Waals surface area contributed by atoms with Crippen LogP contribution in [0, 0.1) is 6.92 Å². The fraction of sp³-hybridized carbons (Fsp3) is 0.444. The summed E-state index contributed by atoms with van der Waals surface area (Å²) in [5, 5.41) is 11.1. The third-order valence-corrected chi connectivity index (χ3v) is 4.75. The van der Waals surface area contributed by atoms with E-state index in [4.69, 9.17) is 15.6 Å². The molecule has 0 spiro atoms. The summed E-state index contributed by atoms with van der Waals surface area (Å²) in [4.78, 5) is 40.8. The van der Waals surface area contributed by atoms with Crippen molar-refractivity contribution in [2.45, 2.75) is 26.3 Å². The van der Waals surface area contributed by atoms with Gasteiger partial charge in [0.05, 0.1) is 12.5 Å². The van der Waals surface area contributed by atoms with Crippen molar-refractivity contribution in [3.05, 3.63) is 24.3 Å². The molecular weight excluding hydrogens is 390 g/mol. The van der Waals surface area contributed by atoms with Crippen molar-refractivity contribution in [2.75, 3.05) is 36.8 Å². The maximum Gasteiger partial charge on any atom is 0.290 e. The number of nitrogen functional groups attached to an aromatic ring is 1. The maximum absolute atomic E-state index is 12.6. The first-order chi connectivity index (χ1) is 14.5. The molecule has 30 heavy (non-hydrogen) atoms. The average molecular weight is 415 g/mol. The zero-order valence-corrected chi connectivity index (χ0v) is 16.7. The second kappa shape index (κ2) is 9.67. The number of nitrogens with zero attached hydrogens (tertiary/aromatic N) is 7. The summed E-state index contributed by atoms with van der Waals surface area (Å²) in [6.45, 7) is 5.22. The molecule has 1 aliphatic heterocycles. The fourth-order valence-corrected chi connectivity index (χ4v) is 3.40. The first-order valence-corrected chi connectivity index (χ1v) is 9.58. The lowest BCUT2D eigenvalue weighted by molar-refractivity contribution is -0.131. The SMILES string of the molecule is Cc1cnn(CCC(=O)N2CCCN(c3nc(N)nc4nc[nH]c34)CC2)c1.O=CO. The van der Waals surface area contributed by atoms with E-state index in [1.165, 1.54) is 0 Å². The number of carboxylic acid groups (broad SMARTS) is 1. The first-order valence-electron chi connectivity index (χ1n) is 9.58. The molecule has 1 aliphatic rings. The molecule has 0 saturated carbocycles. The van der Waals surface area contributed by atoms with Crippen molar-refractivity contribution >= 4 is 35.3 Å². The smallest absolute Gasteiger partial charge is 0.290 e. The number of carbonyl (C=O) groups excluding carboxylic acids is 1. The Morgan fingerprint density at radius 1 is 1.30 bits per heavy atom. The Morgan fingerprint density at radius 3 is 2.83 bits per heavy atom. The number of hydrogen-bond donors (Lipinski definition) is 3. The summed E-state index contributed by atoms with van der Waals surface area (Å²) in [5.74, 6) is 1.10. The van der Waals surface area contributed by atoms with Crippen molar-refractivity contribution in [1.82, 2.24) is 34.6 Å². The summed E-state index contributed by atoms with van der Waals surface area (Å²) in [7, 11) is 0. The van der Waals surface area contributed by atoms with Gasteiger partial charge in [0.2, 0.25) is 11.9 Å². The Labute approximate surface area is 172 Å². The van der Waals surface area contributed by atoms with Crippen molar-refractivity contribution in [1.29, 1.82) is 0 Å². The number of aromatic amines is 1. The van der Waals surface area contributed by atoms with Gasteiger partial charge in [-0.25, -0.2) is 4.98 Å². The lowest BCUT2D eigenvalue weighted by atomic mass is 10.3. The van der Waals surface area contributed by atoms with Crippen LogP contribution in [-0.2, 0) is 16.1 Å². The van der Waals surface area contributed by atoms with E-state index in [1.807, 2.05) is 22.7 Å². The van der Waals surface area contributed by atoms with Gasteiger partial charge in [-0.05, 0) is 18.9 Å². The lowest BCUT2D eigenvalue weighted by Gasteiger charge is -2.23. The van der Waals surface area contributed by atoms with Crippen molar-refractivity contribution in [3.63, 3.8) is 0 Å². The van der Waals surface area contributed by atoms with Gasteiger partial charge in [-0.1, -0.05) is 0 Å². The number of imidazole rings is 1. The van der Waals surface area contributed by atoms with Crippen LogP contribution in [0.1, 0.15) is 18.4 Å². The molecule has 0 radical (unpaired) electrons. The molecule has 0 bridgehead atoms. The van der Waals surface area contributed by atoms with Gasteiger partial charge in [-0.2, -0.15) is 15.1 Å². The van der Waals surface area contributed by atoms with Gasteiger partial charge >= 0.3 is 0 Å². The number of nitrogens with one attached hydrogen (secondary N) is 1. The molecule has 4 N–H and O–H groups in total. The van der Waals surface area contributed by atoms with Crippen LogP contribution in [0.3, 0.4) is 0 Å². The zero-order chi connectivity index (χ0) is 21.5. The van der Waals surface area contributed by atoms with E-state index in [-0.39, 0.29) is 18.3 Å². The number of aromatic nitrogens is 6. The normalized spacial score (nSPS) is 14.2. The number of rotatable bonds is 4. The number of aryl methyl sites for hydroxylation is 2. The first kappa shape index (κ1) is 21.0. The standard InChI is InChI=1S/C17H23N9O.CH2O2/c1-12-9-21-26(10-12)6-3-13(27)24-4-2-5-25(8-7-24)16-14-15(20-11-19-14)22-17(18)23-16;2-1-3/h9-11H,2-8H2,1H3,(H3,18,19,20,22,23);1H,(H,2,3). The van der Waals surface area contributed by atoms with Crippen molar-refractivity contribution in [3.8, 4) is 0 Å². The second-order valence-corrected chi connectivity index (χ2v) is 6.86. The van der Waals surface area contributed by atoms with Gasteiger partial charge < -0.3 is 25.6 Å². The topological polar surface area (TPSA) is 159 Å². The predicted octanol–water partition coefficient (Wildman–Crippen LogP) is 0.270. The van der Waals surface area contributed by atoms with Crippen LogP contribution < -0.4 is 10.6 Å². The van der Waals surface area contributed by atoms with Gasteiger partial charge in [0.1, 0.15) is 5.52 Å². The van der Waals surface area contributed by atoms with Crippen molar-refractivity contribution < 1.29 is 14.7 Å². The predicted molar refractivity (Wildman–Crippen MR) is 110 cm³/mol. The Hall–Kier alpha value is -3.70. The van der Waals surface area contributed by atoms with Crippen LogP contribution in [0.4, 0.5) is 11.8 Å². The molecule has 1 fully saturated rings. The summed E-state index contributed by atoms with van der Waals surface area (Å²) in [6, 6.07) is 0. The fourth-order valence-electron chi connectivity index (χ4n) is 3.40. The molecule has 12 heteroatoms. The van der Waals surface area contributed by atoms with E-state index in [0.29, 0.717) is 31.7 Å². The number of H-pyrrole nitrogens is 1. The molecule has 0 unspecified atom stereocenters. The number of carbonyl (C=O) groups is 2. The minimum Gasteiger partial charge on any atom is -0.483 e. The van der Waals surface area contributed by atoms with Gasteiger partial charge in [-0.3, -0.25) is 14.3 Å². The summed E-state index contributed by atoms with van der Waals surface area (Å²) in [6.07, 6.45) is 6.66. The average Bonchev–Trinajstić information content (AvgIpc) is 3.27. The highest BCUT2D eigenvalue weighted by Crippen LogP contribution is 2.23. The van der Waals surface area contributed by atoms with E-state index in [1.54, 1.807) is 12.5 Å². The minimum absolute atomic E-state index is 0.152. The van der Waals surface area contributed by atoms with E-state index in [9.17, 15) is 4.79 Å². The number of fused-ring (bicyclic) bond motifs is 1. The van der Waals surface area contributed by atoms with Gasteiger partial charge in [0.25, 0.3) is 6.47 Å². The molecule has 0 atom stereocenters. The van der Waals surface area contributed by atoms with Gasteiger partial charge in [0.15, 0.2) is 11.5 Å². The highest BCUT2D eigenvalue weighted by Gasteiger charge is 2.22. The number of nitrogens with two attached hydrogens (primary N) is 1. The Balaban J connectivity index is 0.000000806. The van der Waals surface area contributed by atoms with E-state index < -0.39 is 0 Å². The quantitative estimate of drug-likeness (QED) is 0.508. The molecule has 3 aromatic rings. The zero-order valence-electron chi connectivity index (χ0n) is 16.7. The number of amides is 1. The van der Waals surface area contributed by atoms with Crippen LogP contribution in [0.5, 0.6) is 0 Å². The van der Waals surface area contributed by atoms with Crippen molar-refractivity contribution in [2.24, 2.45) is 0 Å². The van der Waals surface area contributed by atoms with E-state index >= 15 is 0 Å². The van der Waals surface area contributed by atoms with Crippen LogP contribution in [0.15, 0.2) is 18.7 Å². The van der Waals surface area contributed by atoms with Gasteiger partial charge in [0, 0.05) is 45.3 Å². The molecular formula is C18H25N9O3. The molecule has 1 saturated heterocycles. The molecule has 0 aliphatic carbocycles. The van der Waals surface area contributed by atoms with Crippen LogP contribution >= 0.6 is 0 Å². The molecule has 4 heterocycles. The van der Waals surface area contributed by atoms with Crippen LogP contribution in [-0.4, -0.2) is 78.3 Å². The molecule has 3 aromatic heterocycles. The summed E-state index contributed by atoms with van der Waals surface area (Å²) >= 11 is 0. The Kier molecular flexibility index (Phi) is 6.78. The minimum atomic E-state index is -0.250. The maximum atomic E-state index is 12.6.